The van der Waals surface area contributed by atoms with Gasteiger partial charge in [-0.25, -0.2) is 9.97 Å². The second-order valence-electron chi connectivity index (χ2n) is 4.27. The first-order valence-electron chi connectivity index (χ1n) is 5.50. The molecule has 1 atom stereocenters. The minimum atomic E-state index is 0.312. The molecule has 0 amide bonds. The van der Waals surface area contributed by atoms with E-state index in [4.69, 9.17) is 4.74 Å². The second kappa shape index (κ2) is 6.30. The maximum Gasteiger partial charge on any atom is 0.131 e. The first-order valence-corrected chi connectivity index (χ1v) is 6.42. The summed E-state index contributed by atoms with van der Waals surface area (Å²) in [6.45, 7) is 6.93. The molecule has 0 fully saturated rings. The lowest BCUT2D eigenvalue weighted by Gasteiger charge is -2.11. The van der Waals surface area contributed by atoms with Gasteiger partial charge in [-0.05, 0) is 13.0 Å². The van der Waals surface area contributed by atoms with Crippen LogP contribution in [0.3, 0.4) is 0 Å². The molecule has 3 nitrogen and oxygen atoms in total. The minimum absolute atomic E-state index is 0.312. The highest BCUT2D eigenvalue weighted by Crippen LogP contribution is 2.14. The Kier molecular flexibility index (Phi) is 5.35. The van der Waals surface area contributed by atoms with Gasteiger partial charge in [0.1, 0.15) is 5.82 Å². The Hall–Kier alpha value is -0.480. The normalized spacial score (nSPS) is 13.1. The van der Waals surface area contributed by atoms with Crippen molar-refractivity contribution in [1.29, 1.82) is 0 Å². The first kappa shape index (κ1) is 13.6. The Balaban J connectivity index is 2.80. The molecule has 0 spiro atoms. The van der Waals surface area contributed by atoms with E-state index >= 15 is 0 Å². The number of halogens is 1. The van der Waals surface area contributed by atoms with E-state index in [9.17, 15) is 0 Å². The molecular weight excluding hydrogens is 268 g/mol. The Morgan fingerprint density at radius 2 is 2.06 bits per heavy atom. The van der Waals surface area contributed by atoms with Crippen LogP contribution in [0.2, 0.25) is 0 Å². The van der Waals surface area contributed by atoms with E-state index in [1.165, 1.54) is 0 Å². The third-order valence-corrected chi connectivity index (χ3v) is 2.81. The van der Waals surface area contributed by atoms with Crippen LogP contribution in [0.4, 0.5) is 0 Å². The number of ether oxygens (including phenoxy) is 1. The van der Waals surface area contributed by atoms with Crippen LogP contribution >= 0.6 is 15.9 Å². The Morgan fingerprint density at radius 3 is 2.62 bits per heavy atom. The van der Waals surface area contributed by atoms with Crippen molar-refractivity contribution in [3.63, 3.8) is 0 Å². The summed E-state index contributed by atoms with van der Waals surface area (Å²) >= 11 is 3.58. The average molecular weight is 287 g/mol. The van der Waals surface area contributed by atoms with E-state index < -0.39 is 0 Å². The molecule has 90 valence electrons. The third kappa shape index (κ3) is 4.18. The minimum Gasteiger partial charge on any atom is -0.384 e. The van der Waals surface area contributed by atoms with Gasteiger partial charge in [-0.2, -0.15) is 0 Å². The monoisotopic (exact) mass is 286 g/mol. The topological polar surface area (TPSA) is 35.0 Å². The number of nitrogens with zero attached hydrogens (tertiary/aromatic N) is 2. The fourth-order valence-electron chi connectivity index (χ4n) is 1.49. The molecule has 0 aliphatic rings. The van der Waals surface area contributed by atoms with Crippen LogP contribution in [0.25, 0.3) is 0 Å². The van der Waals surface area contributed by atoms with Crippen molar-refractivity contribution in [1.82, 2.24) is 9.97 Å². The van der Waals surface area contributed by atoms with Crippen molar-refractivity contribution < 1.29 is 4.74 Å². The van der Waals surface area contributed by atoms with Gasteiger partial charge in [0.2, 0.25) is 0 Å². The lowest BCUT2D eigenvalue weighted by molar-refractivity contribution is 0.200. The first-order chi connectivity index (χ1) is 7.52. The maximum atomic E-state index is 5.09. The van der Waals surface area contributed by atoms with Gasteiger partial charge >= 0.3 is 0 Å². The van der Waals surface area contributed by atoms with Gasteiger partial charge in [-0.3, -0.25) is 0 Å². The van der Waals surface area contributed by atoms with Crippen LogP contribution in [0.15, 0.2) is 6.07 Å². The molecule has 0 saturated carbocycles. The summed E-state index contributed by atoms with van der Waals surface area (Å²) in [6.07, 6.45) is 0.872. The highest BCUT2D eigenvalue weighted by atomic mass is 79.9. The van der Waals surface area contributed by atoms with Gasteiger partial charge in [0.05, 0.1) is 6.61 Å². The van der Waals surface area contributed by atoms with E-state index in [2.05, 4.69) is 39.7 Å². The zero-order valence-corrected chi connectivity index (χ0v) is 11.9. The summed E-state index contributed by atoms with van der Waals surface area (Å²) in [7, 11) is 1.71. The van der Waals surface area contributed by atoms with Crippen LogP contribution < -0.4 is 0 Å². The zero-order chi connectivity index (χ0) is 12.1. The molecule has 1 aromatic heterocycles. The molecule has 1 heterocycles. The van der Waals surface area contributed by atoms with Crippen LogP contribution in [0.1, 0.15) is 37.0 Å². The molecule has 0 aromatic carbocycles. The largest absolute Gasteiger partial charge is 0.384 e. The fourth-order valence-corrected chi connectivity index (χ4v) is 2.08. The highest BCUT2D eigenvalue weighted by molar-refractivity contribution is 9.09. The molecule has 0 saturated heterocycles. The number of aromatic nitrogens is 2. The van der Waals surface area contributed by atoms with Crippen molar-refractivity contribution in [2.24, 2.45) is 0 Å². The molecule has 16 heavy (non-hydrogen) atoms. The Bertz CT molecular complexity index is 342. The number of hydrogen-bond donors (Lipinski definition) is 0. The number of methoxy groups -OCH3 is 1. The number of aryl methyl sites for hydroxylation is 1. The SMILES string of the molecule is COCC(Br)Cc1cc(C)nc(C(C)C)n1. The van der Waals surface area contributed by atoms with Crippen molar-refractivity contribution >= 4 is 15.9 Å². The van der Waals surface area contributed by atoms with Crippen molar-refractivity contribution in [2.75, 3.05) is 13.7 Å². The molecule has 1 aromatic rings. The second-order valence-corrected chi connectivity index (χ2v) is 5.57. The summed E-state index contributed by atoms with van der Waals surface area (Å²) in [5.74, 6) is 1.29. The molecule has 4 heteroatoms. The lowest BCUT2D eigenvalue weighted by Crippen LogP contribution is -2.13. The van der Waals surface area contributed by atoms with E-state index in [1.54, 1.807) is 7.11 Å². The standard InChI is InChI=1S/C12H19BrN2O/c1-8(2)12-14-9(3)5-11(15-12)6-10(13)7-16-4/h5,8,10H,6-7H2,1-4H3. The predicted molar refractivity (Wildman–Crippen MR) is 69.2 cm³/mol. The summed E-state index contributed by atoms with van der Waals surface area (Å²) in [5.41, 5.74) is 2.11. The smallest absolute Gasteiger partial charge is 0.131 e. The van der Waals surface area contributed by atoms with E-state index in [1.807, 2.05) is 13.0 Å². The van der Waals surface area contributed by atoms with Crippen LogP contribution in [0.5, 0.6) is 0 Å². The number of alkyl halides is 1. The van der Waals surface area contributed by atoms with Gasteiger partial charge in [0.25, 0.3) is 0 Å². The Labute approximate surface area is 106 Å². The van der Waals surface area contributed by atoms with Crippen molar-refractivity contribution in [3.8, 4) is 0 Å². The molecule has 0 N–H and O–H groups in total. The molecule has 1 rings (SSSR count). The van der Waals surface area contributed by atoms with Gasteiger partial charge in [0, 0.05) is 35.7 Å². The molecule has 0 aliphatic carbocycles. The zero-order valence-electron chi connectivity index (χ0n) is 10.3. The van der Waals surface area contributed by atoms with Gasteiger partial charge < -0.3 is 4.74 Å². The quantitative estimate of drug-likeness (QED) is 0.781. The van der Waals surface area contributed by atoms with Crippen LogP contribution in [-0.4, -0.2) is 28.5 Å². The molecule has 0 radical (unpaired) electrons. The lowest BCUT2D eigenvalue weighted by atomic mass is 10.1. The summed E-state index contributed by atoms with van der Waals surface area (Å²) in [6, 6.07) is 2.04. The van der Waals surface area contributed by atoms with E-state index in [-0.39, 0.29) is 0 Å². The third-order valence-electron chi connectivity index (χ3n) is 2.22. The summed E-state index contributed by atoms with van der Waals surface area (Å²) < 4.78 is 5.09. The molecular formula is C12H19BrN2O. The van der Waals surface area contributed by atoms with Crippen LogP contribution in [-0.2, 0) is 11.2 Å². The molecule has 0 aliphatic heterocycles. The predicted octanol–water partition coefficient (Wildman–Crippen LogP) is 2.86. The molecule has 0 bridgehead atoms. The van der Waals surface area contributed by atoms with E-state index in [0.717, 1.165) is 23.6 Å². The Morgan fingerprint density at radius 1 is 1.38 bits per heavy atom. The number of rotatable bonds is 5. The summed E-state index contributed by atoms with van der Waals surface area (Å²) in [5, 5.41) is 0. The van der Waals surface area contributed by atoms with Gasteiger partial charge in [-0.15, -0.1) is 0 Å². The summed E-state index contributed by atoms with van der Waals surface area (Å²) in [4.78, 5) is 9.30. The van der Waals surface area contributed by atoms with Gasteiger partial charge in [-0.1, -0.05) is 29.8 Å². The van der Waals surface area contributed by atoms with E-state index in [0.29, 0.717) is 17.4 Å². The maximum absolute atomic E-state index is 5.09. The van der Waals surface area contributed by atoms with Gasteiger partial charge in [0.15, 0.2) is 0 Å². The van der Waals surface area contributed by atoms with Crippen molar-refractivity contribution in [2.45, 2.75) is 37.9 Å². The average Bonchev–Trinajstić information content (AvgIpc) is 2.16. The highest BCUT2D eigenvalue weighted by Gasteiger charge is 2.10. The molecule has 1 unspecified atom stereocenters. The van der Waals surface area contributed by atoms with Crippen LogP contribution in [0, 0.1) is 6.92 Å². The fraction of sp³-hybridized carbons (Fsp3) is 0.667. The number of hydrogen-bond acceptors (Lipinski definition) is 3. The van der Waals surface area contributed by atoms with Crippen molar-refractivity contribution in [3.05, 3.63) is 23.3 Å².